The van der Waals surface area contributed by atoms with E-state index in [9.17, 15) is 5.11 Å². The zero-order valence-electron chi connectivity index (χ0n) is 13.3. The van der Waals surface area contributed by atoms with Crippen LogP contribution in [-0.2, 0) is 13.2 Å². The summed E-state index contributed by atoms with van der Waals surface area (Å²) in [5.74, 6) is 1.04. The van der Waals surface area contributed by atoms with Crippen LogP contribution in [0.25, 0.3) is 0 Å². The lowest BCUT2D eigenvalue weighted by atomic mass is 9.73. The molecule has 23 heavy (non-hydrogen) atoms. The van der Waals surface area contributed by atoms with E-state index in [4.69, 9.17) is 4.74 Å². The minimum absolute atomic E-state index is 0.0545. The van der Waals surface area contributed by atoms with Crippen LogP contribution in [0, 0.1) is 0 Å². The van der Waals surface area contributed by atoms with Crippen LogP contribution in [0.5, 0.6) is 5.75 Å². The number of aliphatic hydroxyl groups excluding tert-OH is 1. The number of hydrogen-bond donors (Lipinski definition) is 2. The summed E-state index contributed by atoms with van der Waals surface area (Å²) in [5.41, 5.74) is 3.50. The fourth-order valence-corrected chi connectivity index (χ4v) is 3.76. The topological polar surface area (TPSA) is 41.5 Å². The van der Waals surface area contributed by atoms with Gasteiger partial charge in [0.15, 0.2) is 0 Å². The van der Waals surface area contributed by atoms with E-state index < -0.39 is 0 Å². The second kappa shape index (κ2) is 5.99. The van der Waals surface area contributed by atoms with Crippen molar-refractivity contribution in [1.29, 1.82) is 0 Å². The molecule has 2 N–H and O–H groups in total. The van der Waals surface area contributed by atoms with Crippen molar-refractivity contribution in [1.82, 2.24) is 5.32 Å². The number of fused-ring (bicyclic) bond motifs is 1. The predicted octanol–water partition coefficient (Wildman–Crippen LogP) is 3.72. The first-order valence-corrected chi connectivity index (χ1v) is 8.48. The smallest absolute Gasteiger partial charge is 0.124 e. The molecule has 1 spiro atoms. The number of ether oxygens (including phenoxy) is 1. The highest BCUT2D eigenvalue weighted by Gasteiger charge is 2.45. The maximum atomic E-state index is 9.28. The molecule has 3 nitrogen and oxygen atoms in total. The van der Waals surface area contributed by atoms with Gasteiger partial charge in [-0.1, -0.05) is 42.5 Å². The molecule has 0 aromatic heterocycles. The van der Waals surface area contributed by atoms with Gasteiger partial charge >= 0.3 is 0 Å². The van der Waals surface area contributed by atoms with Gasteiger partial charge in [-0.05, 0) is 36.5 Å². The number of hydrogen-bond acceptors (Lipinski definition) is 3. The van der Waals surface area contributed by atoms with Crippen molar-refractivity contribution in [3.63, 3.8) is 0 Å². The highest BCUT2D eigenvalue weighted by Crippen LogP contribution is 2.48. The molecule has 0 radical (unpaired) electrons. The number of benzene rings is 2. The van der Waals surface area contributed by atoms with Gasteiger partial charge in [-0.3, -0.25) is 0 Å². The second-order valence-corrected chi connectivity index (χ2v) is 6.79. The van der Waals surface area contributed by atoms with Crippen molar-refractivity contribution < 1.29 is 9.84 Å². The van der Waals surface area contributed by atoms with E-state index in [0.29, 0.717) is 6.04 Å². The maximum Gasteiger partial charge on any atom is 0.124 e. The standard InChI is InChI=1S/C20H23NO2/c22-14-16-6-3-5-15(11-16)13-21-18-12-20(9-4-10-20)23-19-8-2-1-7-17(18)19/h1-3,5-8,11,18,21-22H,4,9-10,12-14H2. The monoisotopic (exact) mass is 309 g/mol. The molecule has 1 unspecified atom stereocenters. The van der Waals surface area contributed by atoms with E-state index >= 15 is 0 Å². The second-order valence-electron chi connectivity index (χ2n) is 6.79. The SMILES string of the molecule is OCc1cccc(CNC2CC3(CCC3)Oc3ccccc32)c1. The van der Waals surface area contributed by atoms with Crippen LogP contribution in [0.15, 0.2) is 48.5 Å². The van der Waals surface area contributed by atoms with Crippen molar-refractivity contribution in [3.05, 3.63) is 65.2 Å². The van der Waals surface area contributed by atoms with Crippen molar-refractivity contribution in [2.45, 2.75) is 50.5 Å². The molecule has 4 rings (SSSR count). The average Bonchev–Trinajstić information content (AvgIpc) is 2.58. The molecular formula is C20H23NO2. The van der Waals surface area contributed by atoms with Crippen LogP contribution in [0.1, 0.15) is 48.4 Å². The lowest BCUT2D eigenvalue weighted by Crippen LogP contribution is -2.49. The molecule has 1 aliphatic carbocycles. The van der Waals surface area contributed by atoms with E-state index in [1.807, 2.05) is 12.1 Å². The summed E-state index contributed by atoms with van der Waals surface area (Å²) in [6.07, 6.45) is 4.65. The van der Waals surface area contributed by atoms with E-state index in [2.05, 4.69) is 41.7 Å². The Morgan fingerprint density at radius 1 is 1.09 bits per heavy atom. The quantitative estimate of drug-likeness (QED) is 0.904. The van der Waals surface area contributed by atoms with Gasteiger partial charge in [0.05, 0.1) is 6.61 Å². The molecule has 1 aliphatic heterocycles. The molecule has 1 heterocycles. The minimum Gasteiger partial charge on any atom is -0.487 e. The predicted molar refractivity (Wildman–Crippen MR) is 90.2 cm³/mol. The normalized spacial score (nSPS) is 21.3. The van der Waals surface area contributed by atoms with Gasteiger partial charge in [0, 0.05) is 24.6 Å². The summed E-state index contributed by atoms with van der Waals surface area (Å²) in [4.78, 5) is 0. The third-order valence-electron chi connectivity index (χ3n) is 5.19. The summed E-state index contributed by atoms with van der Waals surface area (Å²) in [5, 5.41) is 13.0. The molecule has 1 fully saturated rings. The molecular weight excluding hydrogens is 286 g/mol. The molecule has 2 aliphatic rings. The molecule has 1 atom stereocenters. The molecule has 0 saturated heterocycles. The Balaban J connectivity index is 1.53. The van der Waals surface area contributed by atoms with Crippen LogP contribution >= 0.6 is 0 Å². The van der Waals surface area contributed by atoms with Crippen molar-refractivity contribution >= 4 is 0 Å². The molecule has 0 amide bonds. The Morgan fingerprint density at radius 2 is 1.91 bits per heavy atom. The summed E-state index contributed by atoms with van der Waals surface area (Å²) in [6.45, 7) is 0.903. The minimum atomic E-state index is 0.0545. The lowest BCUT2D eigenvalue weighted by Gasteiger charge is -2.48. The average molecular weight is 309 g/mol. The first-order chi connectivity index (χ1) is 11.3. The Hall–Kier alpha value is -1.84. The van der Waals surface area contributed by atoms with Crippen molar-refractivity contribution in [2.24, 2.45) is 0 Å². The molecule has 0 bridgehead atoms. The summed E-state index contributed by atoms with van der Waals surface area (Å²) >= 11 is 0. The first kappa shape index (κ1) is 14.7. The molecule has 2 aromatic rings. The summed E-state index contributed by atoms with van der Waals surface area (Å²) in [7, 11) is 0. The van der Waals surface area contributed by atoms with Gasteiger partial charge in [-0.15, -0.1) is 0 Å². The van der Waals surface area contributed by atoms with E-state index in [0.717, 1.165) is 24.3 Å². The highest BCUT2D eigenvalue weighted by molar-refractivity contribution is 5.39. The lowest BCUT2D eigenvalue weighted by molar-refractivity contribution is -0.0371. The van der Waals surface area contributed by atoms with Crippen molar-refractivity contribution in [2.75, 3.05) is 0 Å². The van der Waals surface area contributed by atoms with E-state index in [1.54, 1.807) is 0 Å². The van der Waals surface area contributed by atoms with Crippen LogP contribution in [0.3, 0.4) is 0 Å². The Morgan fingerprint density at radius 3 is 2.70 bits per heavy atom. The third-order valence-corrected chi connectivity index (χ3v) is 5.19. The zero-order chi connectivity index (χ0) is 15.7. The van der Waals surface area contributed by atoms with Gasteiger partial charge in [-0.2, -0.15) is 0 Å². The fourth-order valence-electron chi connectivity index (χ4n) is 3.76. The highest BCUT2D eigenvalue weighted by atomic mass is 16.5. The van der Waals surface area contributed by atoms with Gasteiger partial charge in [0.1, 0.15) is 11.4 Å². The number of aliphatic hydroxyl groups is 1. The zero-order valence-corrected chi connectivity index (χ0v) is 13.3. The van der Waals surface area contributed by atoms with Gasteiger partial charge < -0.3 is 15.2 Å². The fraction of sp³-hybridized carbons (Fsp3) is 0.400. The van der Waals surface area contributed by atoms with Crippen molar-refractivity contribution in [3.8, 4) is 5.75 Å². The van der Waals surface area contributed by atoms with E-state index in [-0.39, 0.29) is 12.2 Å². The van der Waals surface area contributed by atoms with E-state index in [1.165, 1.54) is 30.4 Å². The Labute approximate surface area is 137 Å². The number of para-hydroxylation sites is 1. The largest absolute Gasteiger partial charge is 0.487 e. The van der Waals surface area contributed by atoms with Gasteiger partial charge in [-0.25, -0.2) is 0 Å². The maximum absolute atomic E-state index is 9.28. The van der Waals surface area contributed by atoms with Crippen LogP contribution < -0.4 is 10.1 Å². The summed E-state index contributed by atoms with van der Waals surface area (Å²) < 4.78 is 6.30. The number of rotatable bonds is 4. The Bertz CT molecular complexity index is 694. The summed E-state index contributed by atoms with van der Waals surface area (Å²) in [6, 6.07) is 16.9. The molecule has 120 valence electrons. The van der Waals surface area contributed by atoms with Gasteiger partial charge in [0.2, 0.25) is 0 Å². The Kier molecular flexibility index (Phi) is 3.83. The third kappa shape index (κ3) is 2.87. The molecule has 2 aromatic carbocycles. The van der Waals surface area contributed by atoms with Gasteiger partial charge in [0.25, 0.3) is 0 Å². The van der Waals surface area contributed by atoms with Crippen LogP contribution in [0.2, 0.25) is 0 Å². The van der Waals surface area contributed by atoms with Crippen LogP contribution in [0.4, 0.5) is 0 Å². The number of nitrogens with one attached hydrogen (secondary N) is 1. The van der Waals surface area contributed by atoms with Crippen LogP contribution in [-0.4, -0.2) is 10.7 Å². The molecule has 1 saturated carbocycles. The molecule has 3 heteroatoms. The first-order valence-electron chi connectivity index (χ1n) is 8.48.